The molecule has 156 valence electrons. The highest BCUT2D eigenvalue weighted by atomic mass is 32.2. The molecule has 1 unspecified atom stereocenters. The van der Waals surface area contributed by atoms with Crippen LogP contribution >= 0.6 is 0 Å². The topological polar surface area (TPSA) is 99.1 Å². The van der Waals surface area contributed by atoms with Gasteiger partial charge in [0.2, 0.25) is 0 Å². The summed E-state index contributed by atoms with van der Waals surface area (Å²) < 4.78 is 33.4. The summed E-state index contributed by atoms with van der Waals surface area (Å²) in [7, 11) is -1.70. The van der Waals surface area contributed by atoms with Gasteiger partial charge in [0, 0.05) is 6.54 Å². The van der Waals surface area contributed by atoms with E-state index in [-0.39, 0.29) is 25.4 Å². The van der Waals surface area contributed by atoms with Crippen molar-refractivity contribution in [2.24, 2.45) is 0 Å². The molecule has 1 heterocycles. The molecule has 1 saturated heterocycles. The van der Waals surface area contributed by atoms with Crippen LogP contribution in [0.4, 0.5) is 4.39 Å². The second kappa shape index (κ2) is 9.45. The molecule has 3 rings (SSSR count). The Morgan fingerprint density at radius 2 is 2.00 bits per heavy atom. The maximum Gasteiger partial charge on any atom is 0.261 e. The highest BCUT2D eigenvalue weighted by molar-refractivity contribution is 7.82. The monoisotopic (exact) mass is 422 g/mol. The fraction of sp³-hybridized carbons (Fsp3) is 0.350. The molecule has 9 heteroatoms. The second-order valence-electron chi connectivity index (χ2n) is 6.97. The normalized spacial score (nSPS) is 20.8. The number of β-amino-alcohol motifs (C(OH)–C–C–N with tert-alkyl or cyclic N) is 1. The van der Waals surface area contributed by atoms with E-state index in [1.807, 2.05) is 6.07 Å². The first-order valence-electron chi connectivity index (χ1n) is 9.17. The largest absolute Gasteiger partial charge is 0.489 e. The fourth-order valence-corrected chi connectivity index (χ4v) is 4.67. The molecule has 0 aromatic heterocycles. The minimum Gasteiger partial charge on any atom is -0.489 e. The molecule has 1 aliphatic rings. The van der Waals surface area contributed by atoms with Crippen molar-refractivity contribution in [3.8, 4) is 5.75 Å². The van der Waals surface area contributed by atoms with Gasteiger partial charge in [-0.25, -0.2) is 18.4 Å². The Balaban J connectivity index is 1.68. The SMILES string of the molecule is Cc1cc(F)cc(COc2ccc(S(=O)N3C[C@H](O)CC[C@@H]3C(=O)NO)cc2)c1. The molecule has 0 saturated carbocycles. The van der Waals surface area contributed by atoms with E-state index in [0.29, 0.717) is 22.6 Å². The summed E-state index contributed by atoms with van der Waals surface area (Å²) in [6.45, 7) is 2.05. The number of piperidine rings is 1. The van der Waals surface area contributed by atoms with Crippen molar-refractivity contribution in [3.05, 3.63) is 59.4 Å². The van der Waals surface area contributed by atoms with Crippen LogP contribution in [0.1, 0.15) is 24.0 Å². The van der Waals surface area contributed by atoms with Crippen LogP contribution in [0, 0.1) is 12.7 Å². The molecule has 3 atom stereocenters. The molecule has 0 spiro atoms. The number of hydrogen-bond donors (Lipinski definition) is 3. The molecule has 7 nitrogen and oxygen atoms in total. The average molecular weight is 422 g/mol. The lowest BCUT2D eigenvalue weighted by Crippen LogP contribution is -2.52. The summed E-state index contributed by atoms with van der Waals surface area (Å²) in [5, 5.41) is 18.8. The van der Waals surface area contributed by atoms with Crippen LogP contribution in [0.5, 0.6) is 5.75 Å². The molecule has 0 aliphatic carbocycles. The number of nitrogens with one attached hydrogen (secondary N) is 1. The Bertz CT molecular complexity index is 873. The van der Waals surface area contributed by atoms with E-state index in [9.17, 15) is 18.5 Å². The number of rotatable bonds is 6. The van der Waals surface area contributed by atoms with Crippen molar-refractivity contribution in [2.45, 2.75) is 43.4 Å². The predicted octanol–water partition coefficient (Wildman–Crippen LogP) is 2.07. The molecular weight excluding hydrogens is 399 g/mol. The average Bonchev–Trinajstić information content (AvgIpc) is 2.71. The van der Waals surface area contributed by atoms with Crippen LogP contribution in [-0.2, 0) is 22.4 Å². The van der Waals surface area contributed by atoms with Crippen molar-refractivity contribution >= 4 is 16.9 Å². The second-order valence-corrected chi connectivity index (χ2v) is 8.41. The van der Waals surface area contributed by atoms with Crippen LogP contribution in [0.2, 0.25) is 0 Å². The van der Waals surface area contributed by atoms with Crippen molar-refractivity contribution in [1.82, 2.24) is 9.79 Å². The molecule has 29 heavy (non-hydrogen) atoms. The van der Waals surface area contributed by atoms with E-state index in [0.717, 1.165) is 5.56 Å². The number of carbonyl (C=O) groups excluding carboxylic acids is 1. The van der Waals surface area contributed by atoms with Crippen LogP contribution in [0.25, 0.3) is 0 Å². The minimum absolute atomic E-state index is 0.0574. The van der Waals surface area contributed by atoms with E-state index in [1.54, 1.807) is 36.7 Å². The van der Waals surface area contributed by atoms with Crippen LogP contribution < -0.4 is 10.2 Å². The van der Waals surface area contributed by atoms with Gasteiger partial charge in [-0.05, 0) is 67.3 Å². The summed E-state index contributed by atoms with van der Waals surface area (Å²) in [5.74, 6) is -0.453. The Labute approximate surface area is 170 Å². The van der Waals surface area contributed by atoms with E-state index < -0.39 is 29.0 Å². The molecular formula is C20H23FN2O5S. The summed E-state index contributed by atoms with van der Waals surface area (Å²) in [6, 6.07) is 10.4. The van der Waals surface area contributed by atoms with Crippen molar-refractivity contribution in [2.75, 3.05) is 6.54 Å². The number of aliphatic hydroxyl groups is 1. The number of hydroxylamine groups is 1. The third-order valence-corrected chi connectivity index (χ3v) is 6.18. The number of hydrogen-bond acceptors (Lipinski definition) is 5. The molecule has 1 fully saturated rings. The van der Waals surface area contributed by atoms with Gasteiger partial charge >= 0.3 is 0 Å². The number of aliphatic hydroxyl groups excluding tert-OH is 1. The minimum atomic E-state index is -1.70. The first-order valence-corrected chi connectivity index (χ1v) is 10.3. The Hall–Kier alpha value is -2.33. The van der Waals surface area contributed by atoms with Gasteiger partial charge in [-0.2, -0.15) is 0 Å². The lowest BCUT2D eigenvalue weighted by Gasteiger charge is -2.35. The number of carbonyl (C=O) groups is 1. The number of aryl methyl sites for hydroxylation is 1. The zero-order valence-corrected chi connectivity index (χ0v) is 16.7. The highest BCUT2D eigenvalue weighted by Crippen LogP contribution is 2.25. The number of halogens is 1. The Kier molecular flexibility index (Phi) is 6.96. The summed E-state index contributed by atoms with van der Waals surface area (Å²) >= 11 is 0. The first-order chi connectivity index (χ1) is 13.9. The molecule has 2 aromatic carbocycles. The lowest BCUT2D eigenvalue weighted by molar-refractivity contribution is -0.134. The Morgan fingerprint density at radius 1 is 1.28 bits per heavy atom. The summed E-state index contributed by atoms with van der Waals surface area (Å²) in [4.78, 5) is 12.3. The van der Waals surface area contributed by atoms with Gasteiger partial charge in [-0.15, -0.1) is 0 Å². The maximum atomic E-state index is 13.5. The van der Waals surface area contributed by atoms with Crippen LogP contribution in [0.3, 0.4) is 0 Å². The first kappa shape index (κ1) is 21.4. The van der Waals surface area contributed by atoms with Crippen molar-refractivity contribution in [3.63, 3.8) is 0 Å². The van der Waals surface area contributed by atoms with Crippen molar-refractivity contribution < 1.29 is 28.4 Å². The van der Waals surface area contributed by atoms with Gasteiger partial charge < -0.3 is 9.84 Å². The lowest BCUT2D eigenvalue weighted by atomic mass is 10.0. The molecule has 3 N–H and O–H groups in total. The molecule has 1 amide bonds. The standard InChI is InChI=1S/C20H23FN2O5S/c1-13-8-14(10-15(21)9-13)12-28-17-3-5-18(6-4-17)29(27)23-11-16(24)2-7-19(23)20(25)22-26/h3-6,8-10,16,19,24,26H,2,7,11-12H2,1H3,(H,22,25)/t16-,19-,29?/m1/s1. The van der Waals surface area contributed by atoms with Crippen molar-refractivity contribution in [1.29, 1.82) is 0 Å². The van der Waals surface area contributed by atoms with Gasteiger partial charge in [0.1, 0.15) is 35.2 Å². The van der Waals surface area contributed by atoms with E-state index >= 15 is 0 Å². The fourth-order valence-electron chi connectivity index (χ4n) is 3.29. The van der Waals surface area contributed by atoms with Gasteiger partial charge in [0.25, 0.3) is 5.91 Å². The van der Waals surface area contributed by atoms with Gasteiger partial charge in [0.15, 0.2) is 0 Å². The number of amides is 1. The molecule has 0 radical (unpaired) electrons. The summed E-state index contributed by atoms with van der Waals surface area (Å²) in [5.41, 5.74) is 3.10. The maximum absolute atomic E-state index is 13.5. The van der Waals surface area contributed by atoms with Crippen LogP contribution in [0.15, 0.2) is 47.4 Å². The molecule has 2 aromatic rings. The molecule has 1 aliphatic heterocycles. The predicted molar refractivity (Wildman–Crippen MR) is 104 cm³/mol. The quantitative estimate of drug-likeness (QED) is 0.489. The van der Waals surface area contributed by atoms with Crippen LogP contribution in [-0.4, -0.2) is 43.4 Å². The highest BCUT2D eigenvalue weighted by Gasteiger charge is 2.36. The third kappa shape index (κ3) is 5.39. The van der Waals surface area contributed by atoms with Gasteiger partial charge in [0.05, 0.1) is 11.0 Å². The van der Waals surface area contributed by atoms with Gasteiger partial charge in [-0.1, -0.05) is 6.07 Å². The van der Waals surface area contributed by atoms with E-state index in [1.165, 1.54) is 16.4 Å². The zero-order chi connectivity index (χ0) is 21.0. The number of nitrogens with zero attached hydrogens (tertiary/aromatic N) is 1. The number of ether oxygens (including phenoxy) is 1. The number of benzene rings is 2. The Morgan fingerprint density at radius 3 is 2.66 bits per heavy atom. The summed E-state index contributed by atoms with van der Waals surface area (Å²) in [6.07, 6.45) is -0.0231. The van der Waals surface area contributed by atoms with E-state index in [4.69, 9.17) is 9.94 Å². The smallest absolute Gasteiger partial charge is 0.261 e. The van der Waals surface area contributed by atoms with E-state index in [2.05, 4.69) is 0 Å². The molecule has 0 bridgehead atoms. The third-order valence-electron chi connectivity index (χ3n) is 4.67. The van der Waals surface area contributed by atoms with Gasteiger partial charge in [-0.3, -0.25) is 10.0 Å². The zero-order valence-electron chi connectivity index (χ0n) is 15.9.